The molecule has 0 radical (unpaired) electrons. The van der Waals surface area contributed by atoms with Gasteiger partial charge in [-0.3, -0.25) is 9.59 Å². The number of hydrogen-bond donors (Lipinski definition) is 3. The number of amides is 1. The zero-order chi connectivity index (χ0) is 44.4. The summed E-state index contributed by atoms with van der Waals surface area (Å²) in [6.45, 7) is 4.85. The lowest BCUT2D eigenvalue weighted by atomic mass is 10.0. The Balaban J connectivity index is 3.44. The predicted octanol–water partition coefficient (Wildman–Crippen LogP) is 16.1. The van der Waals surface area contributed by atoms with Crippen molar-refractivity contribution >= 4 is 11.9 Å². The molecule has 0 aliphatic heterocycles. The Bertz CT molecular complexity index is 993. The van der Waals surface area contributed by atoms with E-state index in [1.165, 1.54) is 199 Å². The first-order valence-electron chi connectivity index (χ1n) is 26.8. The zero-order valence-electron chi connectivity index (χ0n) is 40.6. The molecule has 6 heteroatoms. The lowest BCUT2D eigenvalue weighted by Gasteiger charge is -2.20. The van der Waals surface area contributed by atoms with E-state index in [9.17, 15) is 19.8 Å². The number of nitrogens with one attached hydrogen (secondary N) is 1. The number of ether oxygens (including phenoxy) is 1. The molecule has 0 aliphatic carbocycles. The SMILES string of the molecule is CCCCC/C=C\C/C=C\CCCCCCCC(=O)OCCCCCCCCCCCCCCCCCCCC(=O)NC(CO)C(O)/C=C/CCCCCCCCCCCC. The van der Waals surface area contributed by atoms with Gasteiger partial charge < -0.3 is 20.3 Å². The highest BCUT2D eigenvalue weighted by Crippen LogP contribution is 2.16. The number of rotatable bonds is 49. The van der Waals surface area contributed by atoms with Gasteiger partial charge in [0.15, 0.2) is 0 Å². The summed E-state index contributed by atoms with van der Waals surface area (Å²) in [4.78, 5) is 24.4. The van der Waals surface area contributed by atoms with Gasteiger partial charge in [0.1, 0.15) is 0 Å². The molecular formula is C55H103NO5. The maximum absolute atomic E-state index is 12.4. The third kappa shape index (κ3) is 47.4. The fourth-order valence-corrected chi connectivity index (χ4v) is 8.02. The first-order chi connectivity index (χ1) is 30.0. The van der Waals surface area contributed by atoms with Gasteiger partial charge in [-0.05, 0) is 64.2 Å². The summed E-state index contributed by atoms with van der Waals surface area (Å²) in [6, 6.07) is -0.631. The largest absolute Gasteiger partial charge is 0.466 e. The highest BCUT2D eigenvalue weighted by atomic mass is 16.5. The molecule has 0 aromatic carbocycles. The average Bonchev–Trinajstić information content (AvgIpc) is 3.26. The third-order valence-corrected chi connectivity index (χ3v) is 12.2. The molecule has 358 valence electrons. The van der Waals surface area contributed by atoms with Crippen LogP contribution in [0.3, 0.4) is 0 Å². The molecule has 0 rings (SSSR count). The van der Waals surface area contributed by atoms with Crippen LogP contribution in [0.25, 0.3) is 0 Å². The fraction of sp³-hybridized carbons (Fsp3) is 0.855. The Morgan fingerprint density at radius 1 is 0.459 bits per heavy atom. The van der Waals surface area contributed by atoms with Crippen molar-refractivity contribution in [2.45, 2.75) is 289 Å². The molecule has 61 heavy (non-hydrogen) atoms. The normalized spacial score (nSPS) is 12.9. The quantitative estimate of drug-likeness (QED) is 0.0322. The molecule has 0 aromatic heterocycles. The summed E-state index contributed by atoms with van der Waals surface area (Å²) in [5.74, 6) is -0.0850. The van der Waals surface area contributed by atoms with Crippen molar-refractivity contribution < 1.29 is 24.5 Å². The van der Waals surface area contributed by atoms with E-state index < -0.39 is 12.1 Å². The van der Waals surface area contributed by atoms with Crippen LogP contribution < -0.4 is 5.32 Å². The minimum Gasteiger partial charge on any atom is -0.466 e. The number of hydrogen-bond acceptors (Lipinski definition) is 5. The van der Waals surface area contributed by atoms with Crippen LogP contribution in [0.2, 0.25) is 0 Å². The second-order valence-corrected chi connectivity index (χ2v) is 18.2. The molecule has 0 saturated heterocycles. The summed E-state index contributed by atoms with van der Waals surface area (Å²) >= 11 is 0. The Morgan fingerprint density at radius 3 is 1.28 bits per heavy atom. The van der Waals surface area contributed by atoms with Crippen molar-refractivity contribution in [3.05, 3.63) is 36.5 Å². The van der Waals surface area contributed by atoms with E-state index in [0.717, 1.165) is 51.4 Å². The summed E-state index contributed by atoms with van der Waals surface area (Å²) in [5, 5.41) is 23.0. The van der Waals surface area contributed by atoms with Gasteiger partial charge in [-0.25, -0.2) is 0 Å². The molecule has 0 heterocycles. The van der Waals surface area contributed by atoms with Crippen molar-refractivity contribution in [1.29, 1.82) is 0 Å². The lowest BCUT2D eigenvalue weighted by molar-refractivity contribution is -0.143. The summed E-state index contributed by atoms with van der Waals surface area (Å²) < 4.78 is 5.46. The highest BCUT2D eigenvalue weighted by molar-refractivity contribution is 5.76. The van der Waals surface area contributed by atoms with Crippen molar-refractivity contribution in [3.63, 3.8) is 0 Å². The van der Waals surface area contributed by atoms with Crippen LogP contribution in [0.15, 0.2) is 36.5 Å². The van der Waals surface area contributed by atoms with Gasteiger partial charge in [0.05, 0.1) is 25.4 Å². The lowest BCUT2D eigenvalue weighted by Crippen LogP contribution is -2.45. The number of aliphatic hydroxyl groups is 2. The minimum absolute atomic E-state index is 0.0101. The zero-order valence-corrected chi connectivity index (χ0v) is 40.6. The molecule has 3 N–H and O–H groups in total. The van der Waals surface area contributed by atoms with E-state index in [1.54, 1.807) is 6.08 Å². The first kappa shape index (κ1) is 59.1. The van der Waals surface area contributed by atoms with E-state index in [1.807, 2.05) is 6.08 Å². The highest BCUT2D eigenvalue weighted by Gasteiger charge is 2.18. The van der Waals surface area contributed by atoms with E-state index in [4.69, 9.17) is 4.74 Å². The first-order valence-corrected chi connectivity index (χ1v) is 26.8. The summed E-state index contributed by atoms with van der Waals surface area (Å²) in [7, 11) is 0. The van der Waals surface area contributed by atoms with Crippen molar-refractivity contribution in [1.82, 2.24) is 5.32 Å². The van der Waals surface area contributed by atoms with E-state index in [2.05, 4.69) is 43.5 Å². The second-order valence-electron chi connectivity index (χ2n) is 18.2. The van der Waals surface area contributed by atoms with E-state index in [0.29, 0.717) is 19.4 Å². The van der Waals surface area contributed by atoms with Crippen LogP contribution >= 0.6 is 0 Å². The predicted molar refractivity (Wildman–Crippen MR) is 264 cm³/mol. The molecule has 0 spiro atoms. The molecule has 0 fully saturated rings. The van der Waals surface area contributed by atoms with Crippen molar-refractivity contribution in [2.24, 2.45) is 0 Å². The summed E-state index contributed by atoms with van der Waals surface area (Å²) in [6.07, 6.45) is 61.5. The molecule has 0 aromatic rings. The van der Waals surface area contributed by atoms with Gasteiger partial charge in [-0.1, -0.05) is 237 Å². The molecule has 2 atom stereocenters. The number of aliphatic hydroxyl groups excluding tert-OH is 2. The van der Waals surface area contributed by atoms with Crippen molar-refractivity contribution in [2.75, 3.05) is 13.2 Å². The van der Waals surface area contributed by atoms with Crippen LogP contribution in [0.5, 0.6) is 0 Å². The van der Waals surface area contributed by atoms with Gasteiger partial charge in [0.25, 0.3) is 0 Å². The Kier molecular flexibility index (Phi) is 49.1. The van der Waals surface area contributed by atoms with Crippen LogP contribution in [-0.4, -0.2) is 47.4 Å². The standard InChI is InChI=1S/C55H103NO5/c1-3-5-7-9-11-13-15-17-21-25-29-33-37-41-45-49-55(60)61-50-46-42-38-34-30-26-23-20-18-19-22-24-28-32-36-40-44-48-54(59)56-52(51-57)53(58)47-43-39-35-31-27-16-14-12-10-8-6-4-2/h11,13,17,21,43,47,52-53,57-58H,3-10,12,14-16,18-20,22-42,44-46,48-51H2,1-2H3,(H,56,59)/b13-11-,21-17-,47-43+. The maximum atomic E-state index is 12.4. The number of carbonyl (C=O) groups excluding carboxylic acids is 2. The van der Waals surface area contributed by atoms with Crippen LogP contribution in [0.4, 0.5) is 0 Å². The van der Waals surface area contributed by atoms with Crippen LogP contribution in [-0.2, 0) is 14.3 Å². The number of unbranched alkanes of at least 4 members (excludes halogenated alkanes) is 34. The molecular weight excluding hydrogens is 755 g/mol. The molecule has 1 amide bonds. The van der Waals surface area contributed by atoms with Gasteiger partial charge >= 0.3 is 5.97 Å². The number of carbonyl (C=O) groups is 2. The number of allylic oxidation sites excluding steroid dienone is 5. The van der Waals surface area contributed by atoms with Crippen LogP contribution in [0.1, 0.15) is 277 Å². The topological polar surface area (TPSA) is 95.9 Å². The molecule has 0 saturated carbocycles. The van der Waals surface area contributed by atoms with Crippen LogP contribution in [0, 0.1) is 0 Å². The number of esters is 1. The Hall–Kier alpha value is -1.92. The van der Waals surface area contributed by atoms with Gasteiger partial charge in [0, 0.05) is 12.8 Å². The third-order valence-electron chi connectivity index (χ3n) is 12.2. The molecule has 0 bridgehead atoms. The Labute approximate surface area is 379 Å². The van der Waals surface area contributed by atoms with Gasteiger partial charge in [0.2, 0.25) is 5.91 Å². The van der Waals surface area contributed by atoms with Crippen molar-refractivity contribution in [3.8, 4) is 0 Å². The fourth-order valence-electron chi connectivity index (χ4n) is 8.02. The van der Waals surface area contributed by atoms with Gasteiger partial charge in [-0.15, -0.1) is 0 Å². The second kappa shape index (κ2) is 50.7. The smallest absolute Gasteiger partial charge is 0.305 e. The molecule has 2 unspecified atom stereocenters. The monoisotopic (exact) mass is 858 g/mol. The summed E-state index contributed by atoms with van der Waals surface area (Å²) in [5.41, 5.74) is 0. The van der Waals surface area contributed by atoms with E-state index in [-0.39, 0.29) is 18.5 Å². The molecule has 0 aliphatic rings. The molecule has 6 nitrogen and oxygen atoms in total. The van der Waals surface area contributed by atoms with E-state index >= 15 is 0 Å². The maximum Gasteiger partial charge on any atom is 0.305 e. The van der Waals surface area contributed by atoms with Gasteiger partial charge in [-0.2, -0.15) is 0 Å². The Morgan fingerprint density at radius 2 is 0.820 bits per heavy atom. The average molecular weight is 858 g/mol. The minimum atomic E-state index is -0.847.